The average Bonchev–Trinajstić information content (AvgIpc) is 2.43. The number of hydrogen-bond acceptors (Lipinski definition) is 4. The first kappa shape index (κ1) is 13.4. The quantitative estimate of drug-likeness (QED) is 0.826. The first-order valence-corrected chi connectivity index (χ1v) is 6.13. The van der Waals surface area contributed by atoms with Crippen molar-refractivity contribution in [3.63, 3.8) is 0 Å². The minimum absolute atomic E-state index is 0.0244. The van der Waals surface area contributed by atoms with Crippen LogP contribution in [0.2, 0.25) is 0 Å². The third-order valence-electron chi connectivity index (χ3n) is 2.88. The Labute approximate surface area is 111 Å². The molecule has 0 radical (unpaired) electrons. The number of nitrogens with zero attached hydrogens (tertiary/aromatic N) is 1. The number of nitrogens with one attached hydrogen (secondary N) is 1. The number of fused-ring (bicyclic) bond motifs is 1. The SMILES string of the molecule is CCNCC(=O)N1CC(C(=O)O)Oc2ccccc21. The van der Waals surface area contributed by atoms with Crippen LogP contribution in [0.1, 0.15) is 6.92 Å². The van der Waals surface area contributed by atoms with Gasteiger partial charge in [-0.15, -0.1) is 0 Å². The maximum atomic E-state index is 12.1. The molecular weight excluding hydrogens is 248 g/mol. The Morgan fingerprint density at radius 3 is 2.89 bits per heavy atom. The number of carbonyl (C=O) groups excluding carboxylic acids is 1. The second kappa shape index (κ2) is 5.71. The highest BCUT2D eigenvalue weighted by molar-refractivity contribution is 5.97. The molecule has 1 aliphatic heterocycles. The second-order valence-electron chi connectivity index (χ2n) is 4.20. The zero-order chi connectivity index (χ0) is 13.8. The third kappa shape index (κ3) is 2.85. The van der Waals surface area contributed by atoms with Crippen molar-refractivity contribution in [3.8, 4) is 5.75 Å². The van der Waals surface area contributed by atoms with Crippen molar-refractivity contribution in [2.45, 2.75) is 13.0 Å². The zero-order valence-electron chi connectivity index (χ0n) is 10.6. The minimum atomic E-state index is -1.07. The second-order valence-corrected chi connectivity index (χ2v) is 4.20. The molecule has 19 heavy (non-hydrogen) atoms. The molecule has 1 unspecified atom stereocenters. The van der Waals surface area contributed by atoms with Crippen LogP contribution in [0.4, 0.5) is 5.69 Å². The fourth-order valence-electron chi connectivity index (χ4n) is 1.93. The molecule has 1 aliphatic rings. The normalized spacial score (nSPS) is 17.5. The number of ether oxygens (including phenoxy) is 1. The van der Waals surface area contributed by atoms with Crippen molar-refractivity contribution in [1.29, 1.82) is 0 Å². The molecular formula is C13H16N2O4. The average molecular weight is 264 g/mol. The molecule has 1 aromatic rings. The molecule has 0 aliphatic carbocycles. The summed E-state index contributed by atoms with van der Waals surface area (Å²) >= 11 is 0. The molecule has 1 heterocycles. The first-order valence-electron chi connectivity index (χ1n) is 6.13. The zero-order valence-corrected chi connectivity index (χ0v) is 10.6. The van der Waals surface area contributed by atoms with Gasteiger partial charge in [-0.25, -0.2) is 4.79 Å². The smallest absolute Gasteiger partial charge is 0.346 e. The highest BCUT2D eigenvalue weighted by Crippen LogP contribution is 2.33. The molecule has 102 valence electrons. The van der Waals surface area contributed by atoms with Gasteiger partial charge in [0.1, 0.15) is 5.75 Å². The fourth-order valence-corrected chi connectivity index (χ4v) is 1.93. The Morgan fingerprint density at radius 2 is 2.21 bits per heavy atom. The van der Waals surface area contributed by atoms with Crippen LogP contribution in [0.15, 0.2) is 24.3 Å². The maximum absolute atomic E-state index is 12.1. The highest BCUT2D eigenvalue weighted by atomic mass is 16.5. The Kier molecular flexibility index (Phi) is 4.01. The molecule has 2 rings (SSSR count). The number of carboxylic acids is 1. The minimum Gasteiger partial charge on any atom is -0.478 e. The number of carboxylic acid groups (broad SMARTS) is 1. The van der Waals surface area contributed by atoms with E-state index in [1.807, 2.05) is 6.92 Å². The predicted molar refractivity (Wildman–Crippen MR) is 69.4 cm³/mol. The van der Waals surface area contributed by atoms with Gasteiger partial charge in [0, 0.05) is 0 Å². The molecule has 1 aromatic carbocycles. The number of para-hydroxylation sites is 2. The number of anilines is 1. The summed E-state index contributed by atoms with van der Waals surface area (Å²) in [5, 5.41) is 12.0. The lowest BCUT2D eigenvalue weighted by atomic mass is 10.2. The largest absolute Gasteiger partial charge is 0.478 e. The number of amides is 1. The van der Waals surface area contributed by atoms with Gasteiger partial charge in [0.05, 0.1) is 18.8 Å². The van der Waals surface area contributed by atoms with E-state index in [0.717, 1.165) is 0 Å². The maximum Gasteiger partial charge on any atom is 0.346 e. The van der Waals surface area contributed by atoms with Gasteiger partial charge in [-0.2, -0.15) is 0 Å². The summed E-state index contributed by atoms with van der Waals surface area (Å²) in [6.07, 6.45) is -1.03. The van der Waals surface area contributed by atoms with E-state index in [4.69, 9.17) is 9.84 Å². The van der Waals surface area contributed by atoms with Crippen molar-refractivity contribution in [3.05, 3.63) is 24.3 Å². The van der Waals surface area contributed by atoms with E-state index in [0.29, 0.717) is 18.0 Å². The van der Waals surface area contributed by atoms with E-state index in [1.165, 1.54) is 4.90 Å². The molecule has 6 heteroatoms. The molecule has 1 amide bonds. The van der Waals surface area contributed by atoms with Crippen molar-refractivity contribution >= 4 is 17.6 Å². The molecule has 1 atom stereocenters. The fraction of sp³-hybridized carbons (Fsp3) is 0.385. The van der Waals surface area contributed by atoms with E-state index in [1.54, 1.807) is 24.3 Å². The highest BCUT2D eigenvalue weighted by Gasteiger charge is 2.33. The van der Waals surface area contributed by atoms with Gasteiger partial charge in [-0.05, 0) is 18.7 Å². The number of aliphatic carboxylic acids is 1. The Morgan fingerprint density at radius 1 is 1.47 bits per heavy atom. The van der Waals surface area contributed by atoms with E-state index in [2.05, 4.69) is 5.32 Å². The Hall–Kier alpha value is -2.08. The molecule has 6 nitrogen and oxygen atoms in total. The molecule has 0 saturated heterocycles. The lowest BCUT2D eigenvalue weighted by Crippen LogP contribution is -2.49. The first-order chi connectivity index (χ1) is 9.13. The Balaban J connectivity index is 2.26. The van der Waals surface area contributed by atoms with Crippen LogP contribution < -0.4 is 15.0 Å². The molecule has 0 spiro atoms. The van der Waals surface area contributed by atoms with E-state index in [9.17, 15) is 9.59 Å². The van der Waals surface area contributed by atoms with E-state index >= 15 is 0 Å². The van der Waals surface area contributed by atoms with Gasteiger partial charge in [0.25, 0.3) is 0 Å². The van der Waals surface area contributed by atoms with Crippen molar-refractivity contribution in [2.75, 3.05) is 24.5 Å². The van der Waals surface area contributed by atoms with Gasteiger partial charge in [-0.3, -0.25) is 4.79 Å². The third-order valence-corrected chi connectivity index (χ3v) is 2.88. The lowest BCUT2D eigenvalue weighted by molar-refractivity contribution is -0.145. The number of benzene rings is 1. The van der Waals surface area contributed by atoms with E-state index in [-0.39, 0.29) is 19.0 Å². The summed E-state index contributed by atoms with van der Waals surface area (Å²) in [6, 6.07) is 6.95. The van der Waals surface area contributed by atoms with Crippen LogP contribution >= 0.6 is 0 Å². The van der Waals surface area contributed by atoms with Crippen LogP contribution in [0.5, 0.6) is 5.75 Å². The summed E-state index contributed by atoms with van der Waals surface area (Å²) in [5.74, 6) is -0.814. The number of rotatable bonds is 4. The summed E-state index contributed by atoms with van der Waals surface area (Å²) in [7, 11) is 0. The summed E-state index contributed by atoms with van der Waals surface area (Å²) in [4.78, 5) is 24.6. The predicted octanol–water partition coefficient (Wildman–Crippen LogP) is 0.475. The summed E-state index contributed by atoms with van der Waals surface area (Å²) < 4.78 is 5.36. The molecule has 0 saturated carbocycles. The molecule has 0 aromatic heterocycles. The summed E-state index contributed by atoms with van der Waals surface area (Å²) in [5.41, 5.74) is 0.614. The lowest BCUT2D eigenvalue weighted by Gasteiger charge is -2.33. The van der Waals surface area contributed by atoms with E-state index < -0.39 is 12.1 Å². The van der Waals surface area contributed by atoms with Gasteiger partial charge >= 0.3 is 5.97 Å². The van der Waals surface area contributed by atoms with Crippen molar-refractivity contribution in [2.24, 2.45) is 0 Å². The summed E-state index contributed by atoms with van der Waals surface area (Å²) in [6.45, 7) is 2.79. The van der Waals surface area contributed by atoms with Crippen molar-refractivity contribution in [1.82, 2.24) is 5.32 Å². The monoisotopic (exact) mass is 264 g/mol. The number of likely N-dealkylation sites (N-methyl/N-ethyl adjacent to an activating group) is 1. The Bertz CT molecular complexity index is 489. The molecule has 2 N–H and O–H groups in total. The van der Waals surface area contributed by atoms with Gasteiger partial charge in [0.15, 0.2) is 0 Å². The molecule has 0 bridgehead atoms. The van der Waals surface area contributed by atoms with Crippen molar-refractivity contribution < 1.29 is 19.4 Å². The van der Waals surface area contributed by atoms with Crippen LogP contribution in [0.25, 0.3) is 0 Å². The van der Waals surface area contributed by atoms with Crippen LogP contribution in [-0.4, -0.2) is 42.7 Å². The van der Waals surface area contributed by atoms with Crippen LogP contribution in [-0.2, 0) is 9.59 Å². The van der Waals surface area contributed by atoms with Gasteiger partial charge < -0.3 is 20.1 Å². The molecule has 0 fully saturated rings. The van der Waals surface area contributed by atoms with Crippen LogP contribution in [0, 0.1) is 0 Å². The topological polar surface area (TPSA) is 78.9 Å². The number of carbonyl (C=O) groups is 2. The standard InChI is InChI=1S/C13H16N2O4/c1-2-14-7-12(16)15-8-11(13(17)18)19-10-6-4-3-5-9(10)15/h3-6,11,14H,2,7-8H2,1H3,(H,17,18). The van der Waals surface area contributed by atoms with Gasteiger partial charge in [-0.1, -0.05) is 19.1 Å². The van der Waals surface area contributed by atoms with Gasteiger partial charge in [0.2, 0.25) is 12.0 Å². The number of hydrogen-bond donors (Lipinski definition) is 2. The van der Waals surface area contributed by atoms with Crippen LogP contribution in [0.3, 0.4) is 0 Å².